The van der Waals surface area contributed by atoms with Gasteiger partial charge in [-0.3, -0.25) is 4.79 Å². The van der Waals surface area contributed by atoms with Gasteiger partial charge in [0.2, 0.25) is 0 Å². The van der Waals surface area contributed by atoms with E-state index in [0.29, 0.717) is 12.2 Å². The van der Waals surface area contributed by atoms with Gasteiger partial charge in [0.05, 0.1) is 18.9 Å². The van der Waals surface area contributed by atoms with Crippen molar-refractivity contribution in [2.24, 2.45) is 0 Å². The summed E-state index contributed by atoms with van der Waals surface area (Å²) < 4.78 is 6.80. The van der Waals surface area contributed by atoms with Gasteiger partial charge in [0.25, 0.3) is 5.91 Å². The molecule has 22 heavy (non-hydrogen) atoms. The van der Waals surface area contributed by atoms with E-state index in [1.54, 1.807) is 41.3 Å². The molecule has 1 aromatic carbocycles. The molecule has 0 aliphatic carbocycles. The summed E-state index contributed by atoms with van der Waals surface area (Å²) in [7, 11) is 0. The van der Waals surface area contributed by atoms with Crippen LogP contribution in [0.4, 0.5) is 0 Å². The molecule has 1 atom stereocenters. The van der Waals surface area contributed by atoms with Crippen molar-refractivity contribution >= 4 is 11.9 Å². The van der Waals surface area contributed by atoms with Gasteiger partial charge in [0.15, 0.2) is 6.04 Å². The topological polar surface area (TPSA) is 84.7 Å². The van der Waals surface area contributed by atoms with Crippen molar-refractivity contribution in [2.45, 2.75) is 6.04 Å². The van der Waals surface area contributed by atoms with Crippen LogP contribution in [0.1, 0.15) is 10.4 Å². The minimum atomic E-state index is -1.06. The van der Waals surface area contributed by atoms with Gasteiger partial charge in [0, 0.05) is 24.5 Å². The second-order valence-electron chi connectivity index (χ2n) is 4.93. The fraction of sp³-hybridized carbons (Fsp3) is 0.267. The first-order chi connectivity index (χ1) is 10.7. The van der Waals surface area contributed by atoms with Crippen molar-refractivity contribution in [3.8, 4) is 5.69 Å². The fourth-order valence-electron chi connectivity index (χ4n) is 2.42. The average molecular weight is 301 g/mol. The zero-order valence-electron chi connectivity index (χ0n) is 11.8. The number of nitrogens with zero attached hydrogens (tertiary/aromatic N) is 3. The maximum atomic E-state index is 12.6. The van der Waals surface area contributed by atoms with Crippen LogP contribution < -0.4 is 0 Å². The number of benzene rings is 1. The third kappa shape index (κ3) is 2.71. The molecule has 2 heterocycles. The monoisotopic (exact) mass is 301 g/mol. The molecular weight excluding hydrogens is 286 g/mol. The van der Waals surface area contributed by atoms with Crippen molar-refractivity contribution in [3.63, 3.8) is 0 Å². The molecule has 1 fully saturated rings. The van der Waals surface area contributed by atoms with E-state index in [2.05, 4.69) is 5.10 Å². The zero-order chi connectivity index (χ0) is 15.5. The van der Waals surface area contributed by atoms with Crippen LogP contribution in [0.5, 0.6) is 0 Å². The molecule has 2 aromatic rings. The minimum absolute atomic E-state index is 0.0138. The van der Waals surface area contributed by atoms with Crippen molar-refractivity contribution < 1.29 is 19.4 Å². The van der Waals surface area contributed by atoms with Crippen LogP contribution in [0.3, 0.4) is 0 Å². The summed E-state index contributed by atoms with van der Waals surface area (Å²) in [5, 5.41) is 13.3. The summed E-state index contributed by atoms with van der Waals surface area (Å²) in [6, 6.07) is 7.79. The van der Waals surface area contributed by atoms with Gasteiger partial charge in [-0.05, 0) is 24.3 Å². The maximum Gasteiger partial charge on any atom is 0.328 e. The van der Waals surface area contributed by atoms with Gasteiger partial charge >= 0.3 is 5.97 Å². The van der Waals surface area contributed by atoms with Gasteiger partial charge in [-0.15, -0.1) is 0 Å². The molecule has 0 unspecified atom stereocenters. The number of ether oxygens (including phenoxy) is 1. The number of carboxylic acid groups (broad SMARTS) is 1. The van der Waals surface area contributed by atoms with Crippen molar-refractivity contribution in [1.82, 2.24) is 14.7 Å². The number of carbonyl (C=O) groups excluding carboxylic acids is 1. The Morgan fingerprint density at radius 3 is 2.91 bits per heavy atom. The number of amides is 1. The Bertz CT molecular complexity index is 684. The molecule has 1 aliphatic heterocycles. The van der Waals surface area contributed by atoms with E-state index in [4.69, 9.17) is 4.74 Å². The third-order valence-electron chi connectivity index (χ3n) is 3.54. The summed E-state index contributed by atoms with van der Waals surface area (Å²) in [4.78, 5) is 25.2. The van der Waals surface area contributed by atoms with E-state index in [1.165, 1.54) is 4.90 Å². The van der Waals surface area contributed by atoms with E-state index in [1.807, 2.05) is 6.07 Å². The second kappa shape index (κ2) is 5.98. The first kappa shape index (κ1) is 14.3. The minimum Gasteiger partial charge on any atom is -0.480 e. The fourth-order valence-corrected chi connectivity index (χ4v) is 2.42. The second-order valence-corrected chi connectivity index (χ2v) is 4.93. The van der Waals surface area contributed by atoms with Crippen molar-refractivity contribution in [3.05, 3.63) is 48.3 Å². The predicted octanol–water partition coefficient (Wildman–Crippen LogP) is 0.798. The van der Waals surface area contributed by atoms with Crippen LogP contribution in [0, 0.1) is 0 Å². The molecular formula is C15H15N3O4. The number of rotatable bonds is 3. The highest BCUT2D eigenvalue weighted by Crippen LogP contribution is 2.16. The van der Waals surface area contributed by atoms with E-state index in [-0.39, 0.29) is 19.1 Å². The van der Waals surface area contributed by atoms with Gasteiger partial charge in [-0.1, -0.05) is 6.07 Å². The Morgan fingerprint density at radius 1 is 1.32 bits per heavy atom. The van der Waals surface area contributed by atoms with Crippen LogP contribution in [-0.4, -0.2) is 57.5 Å². The van der Waals surface area contributed by atoms with E-state index in [0.717, 1.165) is 5.69 Å². The van der Waals surface area contributed by atoms with Crippen LogP contribution >= 0.6 is 0 Å². The Kier molecular flexibility index (Phi) is 3.88. The number of carbonyl (C=O) groups is 2. The molecule has 7 heteroatoms. The number of aliphatic carboxylic acids is 1. The van der Waals surface area contributed by atoms with Gasteiger partial charge in [-0.25, -0.2) is 9.48 Å². The molecule has 1 saturated heterocycles. The lowest BCUT2D eigenvalue weighted by Crippen LogP contribution is -2.52. The summed E-state index contributed by atoms with van der Waals surface area (Å²) in [5.74, 6) is -1.37. The standard InChI is InChI=1S/C15H15N3O4/c19-14(17-7-8-22-10-13(17)15(20)21)11-3-1-4-12(9-11)18-6-2-5-16-18/h1-6,9,13H,7-8,10H2,(H,20,21)/t13-/m1/s1. The highest BCUT2D eigenvalue weighted by atomic mass is 16.5. The largest absolute Gasteiger partial charge is 0.480 e. The van der Waals surface area contributed by atoms with E-state index < -0.39 is 12.0 Å². The summed E-state index contributed by atoms with van der Waals surface area (Å²) in [6.45, 7) is 0.621. The molecule has 7 nitrogen and oxygen atoms in total. The Hall–Kier alpha value is -2.67. The Morgan fingerprint density at radius 2 is 2.18 bits per heavy atom. The van der Waals surface area contributed by atoms with Crippen molar-refractivity contribution in [1.29, 1.82) is 0 Å². The molecule has 1 aliphatic rings. The zero-order valence-corrected chi connectivity index (χ0v) is 11.8. The van der Waals surface area contributed by atoms with Crippen LogP contribution in [-0.2, 0) is 9.53 Å². The number of carboxylic acids is 1. The molecule has 0 spiro atoms. The molecule has 3 rings (SSSR count). The van der Waals surface area contributed by atoms with Gasteiger partial charge in [0.1, 0.15) is 0 Å². The average Bonchev–Trinajstić information content (AvgIpc) is 3.09. The number of hydrogen-bond acceptors (Lipinski definition) is 4. The first-order valence-electron chi connectivity index (χ1n) is 6.88. The molecule has 1 aromatic heterocycles. The van der Waals surface area contributed by atoms with Crippen LogP contribution in [0.25, 0.3) is 5.69 Å². The Balaban J connectivity index is 1.88. The maximum absolute atomic E-state index is 12.6. The van der Waals surface area contributed by atoms with E-state index in [9.17, 15) is 14.7 Å². The SMILES string of the molecule is O=C(O)[C@H]1COCCN1C(=O)c1cccc(-n2cccn2)c1. The number of aromatic nitrogens is 2. The van der Waals surface area contributed by atoms with E-state index >= 15 is 0 Å². The summed E-state index contributed by atoms with van der Waals surface area (Å²) in [5.41, 5.74) is 1.18. The lowest BCUT2D eigenvalue weighted by atomic mass is 10.1. The molecule has 0 radical (unpaired) electrons. The lowest BCUT2D eigenvalue weighted by Gasteiger charge is -2.32. The summed E-state index contributed by atoms with van der Waals surface area (Å²) >= 11 is 0. The van der Waals surface area contributed by atoms with Gasteiger partial charge < -0.3 is 14.7 Å². The smallest absolute Gasteiger partial charge is 0.328 e. The van der Waals surface area contributed by atoms with Crippen LogP contribution in [0.2, 0.25) is 0 Å². The highest BCUT2D eigenvalue weighted by molar-refractivity contribution is 5.97. The summed E-state index contributed by atoms with van der Waals surface area (Å²) in [6.07, 6.45) is 3.43. The number of hydrogen-bond donors (Lipinski definition) is 1. The molecule has 0 saturated carbocycles. The lowest BCUT2D eigenvalue weighted by molar-refractivity contribution is -0.147. The predicted molar refractivity (Wildman–Crippen MR) is 76.8 cm³/mol. The first-order valence-corrected chi connectivity index (χ1v) is 6.88. The molecule has 114 valence electrons. The van der Waals surface area contributed by atoms with Crippen LogP contribution in [0.15, 0.2) is 42.7 Å². The normalized spacial score (nSPS) is 18.2. The highest BCUT2D eigenvalue weighted by Gasteiger charge is 2.33. The Labute approximate surface area is 126 Å². The molecule has 1 N–H and O–H groups in total. The quantitative estimate of drug-likeness (QED) is 0.906. The van der Waals surface area contributed by atoms with Gasteiger partial charge in [-0.2, -0.15) is 5.10 Å². The van der Waals surface area contributed by atoms with Crippen molar-refractivity contribution in [2.75, 3.05) is 19.8 Å². The molecule has 1 amide bonds. The third-order valence-corrected chi connectivity index (χ3v) is 3.54. The number of morpholine rings is 1. The molecule has 0 bridgehead atoms.